The lowest BCUT2D eigenvalue weighted by Crippen LogP contribution is -2.57. The van der Waals surface area contributed by atoms with Gasteiger partial charge in [0.05, 0.1) is 5.92 Å². The molecule has 30 heavy (non-hydrogen) atoms. The van der Waals surface area contributed by atoms with E-state index in [0.717, 1.165) is 36.9 Å². The molecule has 0 saturated carbocycles. The van der Waals surface area contributed by atoms with Crippen molar-refractivity contribution < 1.29 is 14.4 Å². The van der Waals surface area contributed by atoms with Crippen molar-refractivity contribution in [3.63, 3.8) is 0 Å². The maximum absolute atomic E-state index is 13.2. The zero-order valence-electron chi connectivity index (χ0n) is 18.6. The summed E-state index contributed by atoms with van der Waals surface area (Å²) in [4.78, 5) is 39.7. The molecule has 7 nitrogen and oxygen atoms in total. The van der Waals surface area contributed by atoms with Crippen molar-refractivity contribution in [3.8, 4) is 0 Å². The Balaban J connectivity index is 1.79. The number of carbonyl (C=O) groups is 3. The van der Waals surface area contributed by atoms with Gasteiger partial charge in [0, 0.05) is 37.3 Å². The summed E-state index contributed by atoms with van der Waals surface area (Å²) < 4.78 is 0. The second-order valence-electron chi connectivity index (χ2n) is 8.92. The second kappa shape index (κ2) is 9.16. The number of likely N-dealkylation sites (tertiary alicyclic amines) is 1. The van der Waals surface area contributed by atoms with Gasteiger partial charge in [-0.1, -0.05) is 13.0 Å². The molecule has 2 saturated heterocycles. The van der Waals surface area contributed by atoms with Crippen LogP contribution in [-0.2, 0) is 4.79 Å². The van der Waals surface area contributed by atoms with E-state index in [1.165, 1.54) is 0 Å². The van der Waals surface area contributed by atoms with Crippen LogP contribution in [0.15, 0.2) is 18.2 Å². The molecule has 1 aromatic rings. The smallest absolute Gasteiger partial charge is 0.321 e. The Labute approximate surface area is 179 Å². The van der Waals surface area contributed by atoms with Crippen LogP contribution in [0.2, 0.25) is 0 Å². The molecule has 0 bridgehead atoms. The monoisotopic (exact) mass is 414 g/mol. The van der Waals surface area contributed by atoms with E-state index in [0.29, 0.717) is 17.5 Å². The molecule has 1 aromatic carbocycles. The molecule has 0 radical (unpaired) electrons. The van der Waals surface area contributed by atoms with Gasteiger partial charge in [0.15, 0.2) is 0 Å². The molecule has 5 unspecified atom stereocenters. The standard InChI is InChI=1S/C23H34N4O3/c1-6-14(3)25-23(30)26-21(28)16-8-7-13(2)18(10-16)19-11-17-12-24-15(4)9-20(17)27(5)22(19)29/h7-8,10,14-15,17,19-20,24H,6,9,11-12H2,1-5H3,(H2,25,26,28,30). The lowest BCUT2D eigenvalue weighted by atomic mass is 9.75. The predicted molar refractivity (Wildman–Crippen MR) is 116 cm³/mol. The number of likely N-dealkylation sites (N-methyl/N-ethyl adjacent to an activating group) is 1. The lowest BCUT2D eigenvalue weighted by molar-refractivity contribution is -0.140. The third kappa shape index (κ3) is 4.67. The largest absolute Gasteiger partial charge is 0.342 e. The maximum Gasteiger partial charge on any atom is 0.321 e. The van der Waals surface area contributed by atoms with Crippen molar-refractivity contribution in [3.05, 3.63) is 34.9 Å². The van der Waals surface area contributed by atoms with E-state index >= 15 is 0 Å². The number of hydrogen-bond acceptors (Lipinski definition) is 4. The predicted octanol–water partition coefficient (Wildman–Crippen LogP) is 2.55. The number of urea groups is 1. The van der Waals surface area contributed by atoms with Crippen LogP contribution in [0.4, 0.5) is 4.79 Å². The lowest BCUT2D eigenvalue weighted by Gasteiger charge is -2.47. The summed E-state index contributed by atoms with van der Waals surface area (Å²) in [5.41, 5.74) is 2.25. The third-order valence-electron chi connectivity index (χ3n) is 6.68. The molecule has 0 aromatic heterocycles. The minimum atomic E-state index is -0.504. The molecule has 0 aliphatic carbocycles. The van der Waals surface area contributed by atoms with Gasteiger partial charge in [0.1, 0.15) is 0 Å². The molecule has 7 heteroatoms. The molecule has 3 N–H and O–H groups in total. The molecule has 2 heterocycles. The number of nitrogens with one attached hydrogen (secondary N) is 3. The van der Waals surface area contributed by atoms with E-state index < -0.39 is 11.9 Å². The van der Waals surface area contributed by atoms with Crippen molar-refractivity contribution in [2.75, 3.05) is 13.6 Å². The molecule has 5 atom stereocenters. The van der Waals surface area contributed by atoms with Gasteiger partial charge in [-0.3, -0.25) is 14.9 Å². The Morgan fingerprint density at radius 2 is 2.03 bits per heavy atom. The first-order valence-electron chi connectivity index (χ1n) is 10.9. The van der Waals surface area contributed by atoms with E-state index in [1.54, 1.807) is 12.1 Å². The van der Waals surface area contributed by atoms with E-state index in [4.69, 9.17) is 0 Å². The Morgan fingerprint density at radius 1 is 1.30 bits per heavy atom. The molecule has 2 aliphatic rings. The summed E-state index contributed by atoms with van der Waals surface area (Å²) in [7, 11) is 1.90. The molecule has 4 amide bonds. The number of rotatable bonds is 4. The van der Waals surface area contributed by atoms with E-state index in [2.05, 4.69) is 22.9 Å². The van der Waals surface area contributed by atoms with Crippen molar-refractivity contribution in [2.45, 2.75) is 71.0 Å². The number of fused-ring (bicyclic) bond motifs is 1. The van der Waals surface area contributed by atoms with Crippen molar-refractivity contribution in [2.24, 2.45) is 5.92 Å². The Kier molecular flexibility index (Phi) is 6.81. The molecule has 2 fully saturated rings. The summed E-state index contributed by atoms with van der Waals surface area (Å²) >= 11 is 0. The van der Waals surface area contributed by atoms with Crippen LogP contribution in [0, 0.1) is 12.8 Å². The minimum absolute atomic E-state index is 0.0125. The first-order chi connectivity index (χ1) is 14.2. The number of hydrogen-bond donors (Lipinski definition) is 3. The first kappa shape index (κ1) is 22.3. The summed E-state index contributed by atoms with van der Waals surface area (Å²) in [6.45, 7) is 8.87. The molecule has 3 rings (SSSR count). The number of imide groups is 1. The molecular formula is C23H34N4O3. The van der Waals surface area contributed by atoms with Gasteiger partial charge in [-0.05, 0) is 69.2 Å². The highest BCUT2D eigenvalue weighted by Gasteiger charge is 2.43. The number of carbonyl (C=O) groups excluding carboxylic acids is 3. The topological polar surface area (TPSA) is 90.5 Å². The summed E-state index contributed by atoms with van der Waals surface area (Å²) in [5, 5.41) is 8.64. The van der Waals surface area contributed by atoms with E-state index in [9.17, 15) is 14.4 Å². The van der Waals surface area contributed by atoms with Gasteiger partial charge in [0.25, 0.3) is 5.91 Å². The van der Waals surface area contributed by atoms with E-state index in [1.807, 2.05) is 38.8 Å². The summed E-state index contributed by atoms with van der Waals surface area (Å²) in [5.74, 6) is -0.222. The van der Waals surface area contributed by atoms with Gasteiger partial charge < -0.3 is 15.5 Å². The van der Waals surface area contributed by atoms with Gasteiger partial charge in [0.2, 0.25) is 5.91 Å². The molecule has 2 aliphatic heterocycles. The van der Waals surface area contributed by atoms with Crippen molar-refractivity contribution in [1.29, 1.82) is 0 Å². The quantitative estimate of drug-likeness (QED) is 0.706. The van der Waals surface area contributed by atoms with Crippen molar-refractivity contribution in [1.82, 2.24) is 20.9 Å². The number of benzene rings is 1. The number of nitrogens with zero attached hydrogens (tertiary/aromatic N) is 1. The fraction of sp³-hybridized carbons (Fsp3) is 0.609. The highest BCUT2D eigenvalue weighted by atomic mass is 16.2. The Morgan fingerprint density at radius 3 is 2.73 bits per heavy atom. The van der Waals surface area contributed by atoms with Gasteiger partial charge in [-0.25, -0.2) is 4.79 Å². The van der Waals surface area contributed by atoms with Crippen LogP contribution in [0.25, 0.3) is 0 Å². The highest BCUT2D eigenvalue weighted by molar-refractivity contribution is 6.04. The van der Waals surface area contributed by atoms with Crippen LogP contribution < -0.4 is 16.0 Å². The van der Waals surface area contributed by atoms with Crippen LogP contribution in [0.3, 0.4) is 0 Å². The van der Waals surface area contributed by atoms with Gasteiger partial charge in [-0.2, -0.15) is 0 Å². The normalized spacial score (nSPS) is 27.2. The molecular weight excluding hydrogens is 380 g/mol. The van der Waals surface area contributed by atoms with Crippen LogP contribution in [0.1, 0.15) is 67.4 Å². The minimum Gasteiger partial charge on any atom is -0.342 e. The fourth-order valence-electron chi connectivity index (χ4n) is 4.61. The Bertz CT molecular complexity index is 825. The summed E-state index contributed by atoms with van der Waals surface area (Å²) in [6.07, 6.45) is 2.52. The Hall–Kier alpha value is -2.41. The van der Waals surface area contributed by atoms with Crippen molar-refractivity contribution >= 4 is 17.8 Å². The summed E-state index contributed by atoms with van der Waals surface area (Å²) in [6, 6.07) is 5.49. The number of aryl methyl sites for hydroxylation is 1. The van der Waals surface area contributed by atoms with Gasteiger partial charge in [-0.15, -0.1) is 0 Å². The highest BCUT2D eigenvalue weighted by Crippen LogP contribution is 2.38. The van der Waals surface area contributed by atoms with Crippen LogP contribution >= 0.6 is 0 Å². The molecule has 164 valence electrons. The zero-order chi connectivity index (χ0) is 22.0. The van der Waals surface area contributed by atoms with E-state index in [-0.39, 0.29) is 23.9 Å². The second-order valence-corrected chi connectivity index (χ2v) is 8.92. The zero-order valence-corrected chi connectivity index (χ0v) is 18.6. The fourth-order valence-corrected chi connectivity index (χ4v) is 4.61. The SMILES string of the molecule is CCC(C)NC(=O)NC(=O)c1ccc(C)c(C2CC3CNC(C)CC3N(C)C2=O)c1. The first-order valence-corrected chi connectivity index (χ1v) is 10.9. The third-order valence-corrected chi connectivity index (χ3v) is 6.68. The molecule has 0 spiro atoms. The maximum atomic E-state index is 13.2. The van der Waals surface area contributed by atoms with Crippen LogP contribution in [0.5, 0.6) is 0 Å². The average molecular weight is 415 g/mol. The van der Waals surface area contributed by atoms with Gasteiger partial charge >= 0.3 is 6.03 Å². The number of piperidine rings is 2. The average Bonchev–Trinajstić information content (AvgIpc) is 2.71. The van der Waals surface area contributed by atoms with Crippen LogP contribution in [-0.4, -0.2) is 54.5 Å². The number of amides is 4.